The SMILES string of the molecule is Cc1ccc2ccccc2c1S(=O)[O-].[Na+]. The van der Waals surface area contributed by atoms with Gasteiger partial charge in [-0.15, -0.1) is 0 Å². The zero-order chi connectivity index (χ0) is 10.1. The van der Waals surface area contributed by atoms with Crippen LogP contribution >= 0.6 is 0 Å². The van der Waals surface area contributed by atoms with Gasteiger partial charge in [0.2, 0.25) is 0 Å². The maximum atomic E-state index is 11.0. The van der Waals surface area contributed by atoms with Gasteiger partial charge in [0, 0.05) is 4.90 Å². The van der Waals surface area contributed by atoms with Gasteiger partial charge >= 0.3 is 29.6 Å². The number of aryl methyl sites for hydroxylation is 1. The summed E-state index contributed by atoms with van der Waals surface area (Å²) < 4.78 is 22.1. The molecule has 2 aromatic carbocycles. The van der Waals surface area contributed by atoms with E-state index in [4.69, 9.17) is 0 Å². The number of rotatable bonds is 1. The molecular formula is C11H9NaO2S. The summed E-state index contributed by atoms with van der Waals surface area (Å²) in [5.74, 6) is 0. The number of benzene rings is 2. The first-order chi connectivity index (χ1) is 6.70. The van der Waals surface area contributed by atoms with Gasteiger partial charge < -0.3 is 4.55 Å². The van der Waals surface area contributed by atoms with E-state index in [9.17, 15) is 8.76 Å². The minimum Gasteiger partial charge on any atom is -0.768 e. The van der Waals surface area contributed by atoms with Gasteiger partial charge in [0.15, 0.2) is 0 Å². The Morgan fingerprint density at radius 3 is 2.47 bits per heavy atom. The fraction of sp³-hybridized carbons (Fsp3) is 0.0909. The molecule has 0 radical (unpaired) electrons. The van der Waals surface area contributed by atoms with Crippen LogP contribution < -0.4 is 29.6 Å². The Morgan fingerprint density at radius 1 is 1.13 bits per heavy atom. The molecule has 4 heteroatoms. The van der Waals surface area contributed by atoms with Crippen molar-refractivity contribution >= 4 is 21.9 Å². The van der Waals surface area contributed by atoms with Crippen molar-refractivity contribution in [3.8, 4) is 0 Å². The van der Waals surface area contributed by atoms with E-state index in [-0.39, 0.29) is 29.6 Å². The Balaban J connectivity index is 0.00000112. The van der Waals surface area contributed by atoms with Crippen LogP contribution in [0.25, 0.3) is 10.8 Å². The van der Waals surface area contributed by atoms with Gasteiger partial charge in [-0.3, -0.25) is 4.21 Å². The number of fused-ring (bicyclic) bond motifs is 1. The largest absolute Gasteiger partial charge is 1.00 e. The van der Waals surface area contributed by atoms with Crippen LogP contribution in [0.5, 0.6) is 0 Å². The Morgan fingerprint density at radius 2 is 1.80 bits per heavy atom. The van der Waals surface area contributed by atoms with Crippen molar-refractivity contribution in [3.63, 3.8) is 0 Å². The average molecular weight is 228 g/mol. The fourth-order valence-electron chi connectivity index (χ4n) is 1.57. The van der Waals surface area contributed by atoms with E-state index in [1.807, 2.05) is 36.4 Å². The average Bonchev–Trinajstić information content (AvgIpc) is 2.17. The molecular weight excluding hydrogens is 219 g/mol. The summed E-state index contributed by atoms with van der Waals surface area (Å²) in [5, 5.41) is 1.75. The maximum absolute atomic E-state index is 11.0. The zero-order valence-electron chi connectivity index (χ0n) is 8.69. The molecule has 15 heavy (non-hydrogen) atoms. The van der Waals surface area contributed by atoms with Gasteiger partial charge in [0.1, 0.15) is 0 Å². The molecule has 0 aliphatic heterocycles. The van der Waals surface area contributed by atoms with Crippen molar-refractivity contribution in [2.75, 3.05) is 0 Å². The van der Waals surface area contributed by atoms with Gasteiger partial charge in [-0.1, -0.05) is 36.4 Å². The molecule has 0 heterocycles. The summed E-state index contributed by atoms with van der Waals surface area (Å²) in [7, 11) is 0. The third-order valence-corrected chi connectivity index (χ3v) is 3.12. The summed E-state index contributed by atoms with van der Waals surface area (Å²) in [5.41, 5.74) is 0.789. The summed E-state index contributed by atoms with van der Waals surface area (Å²) in [6.45, 7) is 1.80. The van der Waals surface area contributed by atoms with Crippen molar-refractivity contribution < 1.29 is 38.3 Å². The van der Waals surface area contributed by atoms with Crippen molar-refractivity contribution in [2.45, 2.75) is 11.8 Å². The quantitative estimate of drug-likeness (QED) is 0.482. The second kappa shape index (κ2) is 5.23. The van der Waals surface area contributed by atoms with Crippen LogP contribution in [0.15, 0.2) is 41.3 Å². The van der Waals surface area contributed by atoms with Crippen LogP contribution in [-0.2, 0) is 11.1 Å². The topological polar surface area (TPSA) is 40.1 Å². The Kier molecular flexibility index (Phi) is 4.49. The minimum atomic E-state index is -2.17. The van der Waals surface area contributed by atoms with E-state index in [1.54, 1.807) is 6.92 Å². The third kappa shape index (κ3) is 2.49. The maximum Gasteiger partial charge on any atom is 1.00 e. The molecule has 2 aromatic rings. The molecule has 1 unspecified atom stereocenters. The molecule has 0 saturated carbocycles. The van der Waals surface area contributed by atoms with Crippen LogP contribution in [0.1, 0.15) is 5.56 Å². The molecule has 0 spiro atoms. The number of hydrogen-bond donors (Lipinski definition) is 0. The summed E-state index contributed by atoms with van der Waals surface area (Å²) in [6, 6.07) is 11.2. The van der Waals surface area contributed by atoms with E-state index < -0.39 is 11.1 Å². The van der Waals surface area contributed by atoms with Crippen molar-refractivity contribution in [1.82, 2.24) is 0 Å². The monoisotopic (exact) mass is 228 g/mol. The summed E-state index contributed by atoms with van der Waals surface area (Å²) in [6.07, 6.45) is 0. The van der Waals surface area contributed by atoms with E-state index in [0.717, 1.165) is 16.3 Å². The number of hydrogen-bond acceptors (Lipinski definition) is 2. The van der Waals surface area contributed by atoms with Crippen LogP contribution in [-0.4, -0.2) is 8.76 Å². The first-order valence-electron chi connectivity index (χ1n) is 4.28. The van der Waals surface area contributed by atoms with Gasteiger partial charge in [0.25, 0.3) is 0 Å². The first-order valence-corrected chi connectivity index (χ1v) is 5.35. The van der Waals surface area contributed by atoms with E-state index in [0.29, 0.717) is 4.90 Å². The van der Waals surface area contributed by atoms with Gasteiger partial charge in [-0.2, -0.15) is 0 Å². The Labute approximate surface area is 113 Å². The molecule has 72 valence electrons. The zero-order valence-corrected chi connectivity index (χ0v) is 11.5. The smallest absolute Gasteiger partial charge is 0.768 e. The molecule has 2 rings (SSSR count). The fourth-order valence-corrected chi connectivity index (χ4v) is 2.27. The molecule has 0 aliphatic carbocycles. The second-order valence-electron chi connectivity index (χ2n) is 3.17. The molecule has 0 fully saturated rings. The molecule has 0 amide bonds. The molecule has 2 nitrogen and oxygen atoms in total. The van der Waals surface area contributed by atoms with Crippen molar-refractivity contribution in [1.29, 1.82) is 0 Å². The van der Waals surface area contributed by atoms with Crippen LogP contribution in [0.3, 0.4) is 0 Å². The second-order valence-corrected chi connectivity index (χ2v) is 4.05. The molecule has 0 saturated heterocycles. The minimum absolute atomic E-state index is 0. The predicted molar refractivity (Wildman–Crippen MR) is 55.9 cm³/mol. The molecule has 1 atom stereocenters. The molecule has 0 N–H and O–H groups in total. The van der Waals surface area contributed by atoms with Crippen LogP contribution in [0, 0.1) is 6.92 Å². The normalized spacial score (nSPS) is 12.1. The molecule has 0 bridgehead atoms. The van der Waals surface area contributed by atoms with Crippen LogP contribution in [0.2, 0.25) is 0 Å². The van der Waals surface area contributed by atoms with Gasteiger partial charge in [-0.05, 0) is 34.3 Å². The Hall–Kier alpha value is -0.190. The van der Waals surface area contributed by atoms with Gasteiger partial charge in [0.05, 0.1) is 0 Å². The predicted octanol–water partition coefficient (Wildman–Crippen LogP) is -0.610. The Bertz CT molecular complexity index is 511. The van der Waals surface area contributed by atoms with E-state index in [1.165, 1.54) is 0 Å². The van der Waals surface area contributed by atoms with Crippen molar-refractivity contribution in [3.05, 3.63) is 42.0 Å². The van der Waals surface area contributed by atoms with Crippen LogP contribution in [0.4, 0.5) is 0 Å². The summed E-state index contributed by atoms with van der Waals surface area (Å²) in [4.78, 5) is 0.406. The standard InChI is InChI=1S/C11H10O2S.Na/c1-8-6-7-9-4-2-3-5-10(9)11(8)14(12)13;/h2-7H,1H3,(H,12,13);/q;+1/p-1. The molecule has 0 aromatic heterocycles. The van der Waals surface area contributed by atoms with Crippen molar-refractivity contribution in [2.24, 2.45) is 0 Å². The van der Waals surface area contributed by atoms with E-state index >= 15 is 0 Å². The summed E-state index contributed by atoms with van der Waals surface area (Å²) >= 11 is -2.17. The first kappa shape index (κ1) is 12.9. The van der Waals surface area contributed by atoms with E-state index in [2.05, 4.69) is 0 Å². The van der Waals surface area contributed by atoms with Gasteiger partial charge in [-0.25, -0.2) is 0 Å². The third-order valence-electron chi connectivity index (χ3n) is 2.24. The molecule has 0 aliphatic rings.